The minimum Gasteiger partial charge on any atom is -0.380 e. The van der Waals surface area contributed by atoms with Gasteiger partial charge >= 0.3 is 0 Å². The Morgan fingerprint density at radius 2 is 1.84 bits per heavy atom. The Labute approximate surface area is 118 Å². The maximum atomic E-state index is 5.23. The van der Waals surface area contributed by atoms with Crippen molar-refractivity contribution in [1.82, 2.24) is 10.2 Å². The van der Waals surface area contributed by atoms with Gasteiger partial charge in [-0.2, -0.15) is 0 Å². The lowest BCUT2D eigenvalue weighted by Crippen LogP contribution is -2.32. The number of hydrogen-bond acceptors (Lipinski definition) is 3. The summed E-state index contributed by atoms with van der Waals surface area (Å²) < 4.78 is 5.23. The van der Waals surface area contributed by atoms with Gasteiger partial charge in [0.05, 0.1) is 6.61 Å². The zero-order valence-corrected chi connectivity index (χ0v) is 12.6. The second-order valence-electron chi connectivity index (χ2n) is 4.81. The molecule has 0 atom stereocenters. The molecule has 0 amide bonds. The largest absolute Gasteiger partial charge is 0.380 e. The number of nitrogens with zero attached hydrogens (tertiary/aromatic N) is 1. The lowest BCUT2D eigenvalue weighted by molar-refractivity contribution is 0.184. The summed E-state index contributed by atoms with van der Waals surface area (Å²) in [6.45, 7) is 10.6. The van der Waals surface area contributed by atoms with Crippen LogP contribution >= 0.6 is 0 Å². The highest BCUT2D eigenvalue weighted by Gasteiger charge is 2.02. The number of hydrogen-bond donors (Lipinski definition) is 1. The Morgan fingerprint density at radius 1 is 1.11 bits per heavy atom. The van der Waals surface area contributed by atoms with Crippen LogP contribution < -0.4 is 5.32 Å². The Hall–Kier alpha value is -0.900. The van der Waals surface area contributed by atoms with E-state index in [9.17, 15) is 0 Å². The van der Waals surface area contributed by atoms with Crippen molar-refractivity contribution in [2.45, 2.75) is 33.4 Å². The molecule has 1 N–H and O–H groups in total. The maximum Gasteiger partial charge on any atom is 0.0716 e. The molecule has 0 aliphatic rings. The number of benzene rings is 1. The molecular weight excluding hydrogens is 236 g/mol. The number of methoxy groups -OCH3 is 1. The molecule has 1 aromatic rings. The molecule has 0 fully saturated rings. The quantitative estimate of drug-likeness (QED) is 0.658. The molecule has 0 saturated heterocycles. The van der Waals surface area contributed by atoms with Gasteiger partial charge in [0.2, 0.25) is 0 Å². The van der Waals surface area contributed by atoms with E-state index in [1.165, 1.54) is 24.1 Å². The van der Waals surface area contributed by atoms with Gasteiger partial charge in [-0.25, -0.2) is 0 Å². The topological polar surface area (TPSA) is 24.5 Å². The van der Waals surface area contributed by atoms with Crippen molar-refractivity contribution in [3.8, 4) is 0 Å². The predicted molar refractivity (Wildman–Crippen MR) is 81.3 cm³/mol. The molecule has 0 aromatic heterocycles. The molecule has 0 aliphatic carbocycles. The third-order valence-electron chi connectivity index (χ3n) is 3.33. The van der Waals surface area contributed by atoms with Crippen LogP contribution in [0.2, 0.25) is 0 Å². The number of ether oxygens (including phenoxy) is 1. The van der Waals surface area contributed by atoms with Crippen LogP contribution in [0.3, 0.4) is 0 Å². The van der Waals surface area contributed by atoms with Crippen LogP contribution in [0, 0.1) is 0 Å². The number of rotatable bonds is 10. The Bertz CT molecular complexity index is 341. The van der Waals surface area contributed by atoms with Crippen LogP contribution in [0.25, 0.3) is 0 Å². The number of likely N-dealkylation sites (N-methyl/N-ethyl adjacent to an activating group) is 1. The van der Waals surface area contributed by atoms with Crippen LogP contribution in [0.15, 0.2) is 24.3 Å². The number of nitrogens with one attached hydrogen (secondary N) is 1. The first kappa shape index (κ1) is 16.2. The van der Waals surface area contributed by atoms with Gasteiger partial charge in [-0.15, -0.1) is 0 Å². The summed E-state index contributed by atoms with van der Waals surface area (Å²) in [6, 6.07) is 8.46. The van der Waals surface area contributed by atoms with E-state index in [2.05, 4.69) is 48.3 Å². The van der Waals surface area contributed by atoms with E-state index in [1.54, 1.807) is 7.11 Å². The van der Waals surface area contributed by atoms with E-state index in [0.29, 0.717) is 6.61 Å². The smallest absolute Gasteiger partial charge is 0.0716 e. The first-order valence-corrected chi connectivity index (χ1v) is 7.30. The molecule has 3 heteroatoms. The molecule has 1 aromatic carbocycles. The van der Waals surface area contributed by atoms with Crippen LogP contribution in [-0.4, -0.2) is 38.2 Å². The van der Waals surface area contributed by atoms with E-state index in [1.807, 2.05) is 0 Å². The summed E-state index contributed by atoms with van der Waals surface area (Å²) in [5.41, 5.74) is 2.61. The monoisotopic (exact) mass is 264 g/mol. The molecule has 0 spiro atoms. The molecule has 0 unspecified atom stereocenters. The van der Waals surface area contributed by atoms with Gasteiger partial charge in [0, 0.05) is 26.7 Å². The fourth-order valence-electron chi connectivity index (χ4n) is 2.23. The van der Waals surface area contributed by atoms with E-state index in [-0.39, 0.29) is 0 Å². The van der Waals surface area contributed by atoms with Gasteiger partial charge in [0.25, 0.3) is 0 Å². The lowest BCUT2D eigenvalue weighted by atomic mass is 10.1. The first-order chi connectivity index (χ1) is 9.31. The fourth-order valence-corrected chi connectivity index (χ4v) is 2.23. The van der Waals surface area contributed by atoms with Gasteiger partial charge in [-0.1, -0.05) is 38.1 Å². The van der Waals surface area contributed by atoms with Crippen LogP contribution in [0.1, 0.15) is 31.4 Å². The maximum absolute atomic E-state index is 5.23. The summed E-state index contributed by atoms with van der Waals surface area (Å²) in [5.74, 6) is 0. The van der Waals surface area contributed by atoms with E-state index >= 15 is 0 Å². The Morgan fingerprint density at radius 3 is 2.47 bits per heavy atom. The molecule has 0 radical (unpaired) electrons. The van der Waals surface area contributed by atoms with Crippen molar-refractivity contribution in [3.05, 3.63) is 35.4 Å². The standard InChI is InChI=1S/C16H28N2O/c1-4-11-18(5-2)12-10-17-13-15-8-6-7-9-16(15)14-19-3/h6-9,17H,4-5,10-14H2,1-3H3. The molecule has 0 aliphatic heterocycles. The first-order valence-electron chi connectivity index (χ1n) is 7.30. The van der Waals surface area contributed by atoms with Crippen molar-refractivity contribution in [2.75, 3.05) is 33.3 Å². The molecule has 0 bridgehead atoms. The van der Waals surface area contributed by atoms with Crippen molar-refractivity contribution in [2.24, 2.45) is 0 Å². The van der Waals surface area contributed by atoms with Crippen LogP contribution in [-0.2, 0) is 17.9 Å². The van der Waals surface area contributed by atoms with E-state index in [4.69, 9.17) is 4.74 Å². The summed E-state index contributed by atoms with van der Waals surface area (Å²) in [7, 11) is 1.74. The van der Waals surface area contributed by atoms with E-state index < -0.39 is 0 Å². The second-order valence-corrected chi connectivity index (χ2v) is 4.81. The van der Waals surface area contributed by atoms with Gasteiger partial charge in [0.1, 0.15) is 0 Å². The van der Waals surface area contributed by atoms with Crippen molar-refractivity contribution >= 4 is 0 Å². The Kier molecular flexibility index (Phi) is 8.47. The molecule has 0 saturated carbocycles. The van der Waals surface area contributed by atoms with Gasteiger partial charge in [0.15, 0.2) is 0 Å². The predicted octanol–water partition coefficient (Wildman–Crippen LogP) is 2.65. The summed E-state index contributed by atoms with van der Waals surface area (Å²) in [4.78, 5) is 2.48. The third-order valence-corrected chi connectivity index (χ3v) is 3.33. The lowest BCUT2D eigenvalue weighted by Gasteiger charge is -2.19. The molecule has 0 heterocycles. The zero-order valence-electron chi connectivity index (χ0n) is 12.6. The van der Waals surface area contributed by atoms with Crippen LogP contribution in [0.4, 0.5) is 0 Å². The fraction of sp³-hybridized carbons (Fsp3) is 0.625. The minimum atomic E-state index is 0.689. The highest BCUT2D eigenvalue weighted by molar-refractivity contribution is 5.26. The average molecular weight is 264 g/mol. The highest BCUT2D eigenvalue weighted by Crippen LogP contribution is 2.09. The molecular formula is C16H28N2O. The minimum absolute atomic E-state index is 0.689. The third kappa shape index (κ3) is 6.19. The van der Waals surface area contributed by atoms with Crippen molar-refractivity contribution in [3.63, 3.8) is 0 Å². The van der Waals surface area contributed by atoms with E-state index in [0.717, 1.165) is 26.2 Å². The summed E-state index contributed by atoms with van der Waals surface area (Å²) in [5, 5.41) is 3.53. The summed E-state index contributed by atoms with van der Waals surface area (Å²) in [6.07, 6.45) is 1.23. The molecule has 1 rings (SSSR count). The summed E-state index contributed by atoms with van der Waals surface area (Å²) >= 11 is 0. The van der Waals surface area contributed by atoms with Gasteiger partial charge in [-0.3, -0.25) is 0 Å². The Balaban J connectivity index is 2.32. The normalized spacial score (nSPS) is 11.2. The molecule has 19 heavy (non-hydrogen) atoms. The SMILES string of the molecule is CCCN(CC)CCNCc1ccccc1COC. The van der Waals surface area contributed by atoms with Crippen molar-refractivity contribution in [1.29, 1.82) is 0 Å². The highest BCUT2D eigenvalue weighted by atomic mass is 16.5. The zero-order chi connectivity index (χ0) is 13.9. The van der Waals surface area contributed by atoms with Crippen LogP contribution in [0.5, 0.6) is 0 Å². The molecule has 3 nitrogen and oxygen atoms in total. The average Bonchev–Trinajstić information content (AvgIpc) is 2.44. The van der Waals surface area contributed by atoms with Gasteiger partial charge < -0.3 is 15.0 Å². The van der Waals surface area contributed by atoms with Gasteiger partial charge in [-0.05, 0) is 30.6 Å². The second kappa shape index (κ2) is 9.96. The molecule has 108 valence electrons. The van der Waals surface area contributed by atoms with Crippen molar-refractivity contribution < 1.29 is 4.74 Å².